The zero-order chi connectivity index (χ0) is 59.6. The van der Waals surface area contributed by atoms with Gasteiger partial charge >= 0.3 is 0 Å². The van der Waals surface area contributed by atoms with Crippen molar-refractivity contribution in [2.75, 3.05) is 14.7 Å². The van der Waals surface area contributed by atoms with Crippen LogP contribution in [0.5, 0.6) is 0 Å². The summed E-state index contributed by atoms with van der Waals surface area (Å²) in [7, 11) is 0. The van der Waals surface area contributed by atoms with Crippen LogP contribution < -0.4 is 31.1 Å². The highest BCUT2D eigenvalue weighted by molar-refractivity contribution is 7.26. The summed E-state index contributed by atoms with van der Waals surface area (Å²) < 4.78 is 1.44. The van der Waals surface area contributed by atoms with E-state index < -0.39 is 0 Å². The summed E-state index contributed by atoms with van der Waals surface area (Å²) in [5.41, 5.74) is 29.6. The van der Waals surface area contributed by atoms with Gasteiger partial charge in [-0.15, -0.1) is 11.3 Å². The zero-order valence-corrected chi connectivity index (χ0v) is 54.5. The summed E-state index contributed by atoms with van der Waals surface area (Å²) in [4.78, 5) is 7.95. The maximum atomic E-state index is 2.79. The summed E-state index contributed by atoms with van der Waals surface area (Å²) in [6, 6.07) is 62.7. The van der Waals surface area contributed by atoms with Crippen LogP contribution in [-0.2, 0) is 43.3 Å². The van der Waals surface area contributed by atoms with E-state index >= 15 is 0 Å². The first-order chi connectivity index (χ1) is 40.8. The maximum absolute atomic E-state index is 2.79. The second-order valence-electron chi connectivity index (χ2n) is 32.3. The van der Waals surface area contributed by atoms with Crippen molar-refractivity contribution in [3.8, 4) is 11.1 Å². The van der Waals surface area contributed by atoms with Crippen LogP contribution in [-0.4, -0.2) is 6.71 Å². The van der Waals surface area contributed by atoms with E-state index in [1.807, 2.05) is 0 Å². The Hall–Kier alpha value is -6.82. The zero-order valence-electron chi connectivity index (χ0n) is 53.7. The summed E-state index contributed by atoms with van der Waals surface area (Å²) in [6.07, 6.45) is 10.8. The molecule has 3 nitrogen and oxygen atoms in total. The molecule has 2 bridgehead atoms. The molecule has 0 saturated heterocycles. The van der Waals surface area contributed by atoms with Crippen molar-refractivity contribution in [2.45, 2.75) is 198 Å². The molecule has 3 heterocycles. The van der Waals surface area contributed by atoms with Crippen molar-refractivity contribution in [3.63, 3.8) is 0 Å². The molecule has 434 valence electrons. The van der Waals surface area contributed by atoms with E-state index in [-0.39, 0.29) is 50.0 Å². The number of para-hydroxylation sites is 2. The number of rotatable bonds is 6. The average molecular weight is 1140 g/mol. The van der Waals surface area contributed by atoms with E-state index in [2.05, 4.69) is 281 Å². The Bertz CT molecular complexity index is 4290. The molecular weight excluding hydrogens is 1060 g/mol. The van der Waals surface area contributed by atoms with Crippen LogP contribution in [0.25, 0.3) is 21.2 Å². The van der Waals surface area contributed by atoms with Gasteiger partial charge in [0.25, 0.3) is 6.71 Å². The van der Waals surface area contributed by atoms with Crippen molar-refractivity contribution in [1.82, 2.24) is 0 Å². The summed E-state index contributed by atoms with van der Waals surface area (Å²) >= 11 is 2.07. The Morgan fingerprint density at radius 3 is 1.33 bits per heavy atom. The Labute approximate surface area is 518 Å². The smallest absolute Gasteiger partial charge is 0.254 e. The molecule has 1 fully saturated rings. The van der Waals surface area contributed by atoms with Crippen molar-refractivity contribution < 1.29 is 0 Å². The molecule has 9 aromatic rings. The number of anilines is 9. The predicted molar refractivity (Wildman–Crippen MR) is 370 cm³/mol. The minimum atomic E-state index is 0.000143. The van der Waals surface area contributed by atoms with Gasteiger partial charge in [-0.2, -0.15) is 0 Å². The van der Waals surface area contributed by atoms with Gasteiger partial charge < -0.3 is 14.7 Å². The Morgan fingerprint density at radius 1 is 0.360 bits per heavy atom. The lowest BCUT2D eigenvalue weighted by molar-refractivity contribution is 0.332. The Morgan fingerprint density at radius 2 is 0.802 bits per heavy atom. The van der Waals surface area contributed by atoms with Crippen molar-refractivity contribution in [3.05, 3.63) is 202 Å². The van der Waals surface area contributed by atoms with Gasteiger partial charge in [0.2, 0.25) is 0 Å². The molecule has 8 aromatic carbocycles. The molecule has 5 aliphatic carbocycles. The SMILES string of the molecule is CC1(C)CCC(C)(C)c2cc(N3c4cc5c(cc4B4c6c3cc(-c3ccc(N(c7ccccc7)c7ccccc7)cc3)cc6N(c3ccc6c(c3)C(C)(C)CCC6(C)C)c3sc6cc7c(cc6c34)C3(C)CCC7(C)C3)C(C)(C)CCC5(C)C)ccc21. The van der Waals surface area contributed by atoms with Gasteiger partial charge in [0.05, 0.1) is 5.00 Å². The molecule has 0 radical (unpaired) electrons. The first-order valence-corrected chi connectivity index (χ1v) is 33.5. The minimum absolute atomic E-state index is 0.000143. The fraction of sp³-hybridized carbons (Fsp3) is 0.383. The lowest BCUT2D eigenvalue weighted by Crippen LogP contribution is -2.61. The van der Waals surface area contributed by atoms with E-state index in [9.17, 15) is 0 Å². The molecule has 2 atom stereocenters. The molecule has 5 heteroatoms. The minimum Gasteiger partial charge on any atom is -0.311 e. The fourth-order valence-corrected chi connectivity index (χ4v) is 19.5. The van der Waals surface area contributed by atoms with Crippen LogP contribution in [0.4, 0.5) is 50.5 Å². The van der Waals surface area contributed by atoms with Crippen LogP contribution in [0.2, 0.25) is 0 Å². The predicted octanol–water partition coefficient (Wildman–Crippen LogP) is 20.9. The van der Waals surface area contributed by atoms with E-state index in [1.54, 1.807) is 11.1 Å². The van der Waals surface area contributed by atoms with Crippen LogP contribution in [0.15, 0.2) is 158 Å². The molecule has 2 unspecified atom stereocenters. The molecule has 0 N–H and O–H groups in total. The van der Waals surface area contributed by atoms with Crippen LogP contribution in [0, 0.1) is 0 Å². The number of nitrogens with zero attached hydrogens (tertiary/aromatic N) is 3. The van der Waals surface area contributed by atoms with Gasteiger partial charge in [0.1, 0.15) is 0 Å². The average Bonchev–Trinajstić information content (AvgIpc) is 1.27. The standard InChI is InChI=1S/C81H86BN3S/c1-74(2)33-35-76(5,6)60-43-55(29-31-58(60)74)84-67-47-63-62(78(9,10)37-38-79(63,11)12)46-66(67)82-71-57-45-64-65(81(14)40-39-80(64,13)49-81)48-70(57)86-73(71)85(56-30-32-59-61(44-56)77(7,8)36-34-75(59,3)4)69-42-51(41-68(84)72(69)82)50-25-27-54(28-26-50)83(52-21-17-15-18-22-52)53-23-19-16-20-24-53/h15-32,41-48H,33-40,49H2,1-14H3. The molecular formula is C81H86BN3S. The van der Waals surface area contributed by atoms with Crippen LogP contribution in [0.1, 0.15) is 199 Å². The summed E-state index contributed by atoms with van der Waals surface area (Å²) in [6.45, 7) is 35.2. The largest absolute Gasteiger partial charge is 0.311 e. The van der Waals surface area contributed by atoms with Gasteiger partial charge in [-0.1, -0.05) is 164 Å². The molecule has 86 heavy (non-hydrogen) atoms. The first-order valence-electron chi connectivity index (χ1n) is 32.7. The molecule has 16 rings (SSSR count). The van der Waals surface area contributed by atoms with E-state index in [1.165, 1.54) is 156 Å². The summed E-state index contributed by atoms with van der Waals surface area (Å²) in [5.74, 6) is 0. The lowest BCUT2D eigenvalue weighted by Gasteiger charge is -2.48. The molecule has 7 aliphatic rings. The number of fused-ring (bicyclic) bond motifs is 14. The normalized spacial score (nSPS) is 23.2. The Kier molecular flexibility index (Phi) is 11.4. The fourth-order valence-electron chi connectivity index (χ4n) is 18.2. The molecule has 1 aromatic heterocycles. The molecule has 1 saturated carbocycles. The Balaban J connectivity index is 1.02. The molecule has 0 amide bonds. The third-order valence-electron chi connectivity index (χ3n) is 23.8. The van der Waals surface area contributed by atoms with Gasteiger partial charge in [0, 0.05) is 50.2 Å². The van der Waals surface area contributed by atoms with Gasteiger partial charge in [-0.05, 0) is 270 Å². The number of benzene rings is 8. The molecule has 0 spiro atoms. The van der Waals surface area contributed by atoms with Crippen LogP contribution in [0.3, 0.4) is 0 Å². The van der Waals surface area contributed by atoms with Gasteiger partial charge in [-0.3, -0.25) is 0 Å². The van der Waals surface area contributed by atoms with Crippen molar-refractivity contribution in [1.29, 1.82) is 0 Å². The highest BCUT2D eigenvalue weighted by Gasteiger charge is 2.55. The quantitative estimate of drug-likeness (QED) is 0.154. The van der Waals surface area contributed by atoms with E-state index in [0.29, 0.717) is 0 Å². The third-order valence-corrected chi connectivity index (χ3v) is 24.9. The highest BCUT2D eigenvalue weighted by atomic mass is 32.1. The second-order valence-corrected chi connectivity index (χ2v) is 33.3. The lowest BCUT2D eigenvalue weighted by atomic mass is 9.33. The van der Waals surface area contributed by atoms with Gasteiger partial charge in [-0.25, -0.2) is 0 Å². The van der Waals surface area contributed by atoms with Crippen molar-refractivity contribution in [2.24, 2.45) is 0 Å². The van der Waals surface area contributed by atoms with Gasteiger partial charge in [0.15, 0.2) is 0 Å². The van der Waals surface area contributed by atoms with E-state index in [4.69, 9.17) is 0 Å². The number of hydrogen-bond donors (Lipinski definition) is 0. The third kappa shape index (κ3) is 7.83. The number of thiophene rings is 1. The second kappa shape index (κ2) is 17.9. The first kappa shape index (κ1) is 54.6. The van der Waals surface area contributed by atoms with Crippen molar-refractivity contribution >= 4 is 95.0 Å². The maximum Gasteiger partial charge on any atom is 0.254 e. The number of hydrogen-bond acceptors (Lipinski definition) is 4. The topological polar surface area (TPSA) is 9.72 Å². The molecule has 2 aliphatic heterocycles. The van der Waals surface area contributed by atoms with E-state index in [0.717, 1.165) is 23.5 Å². The monoisotopic (exact) mass is 1140 g/mol. The summed E-state index contributed by atoms with van der Waals surface area (Å²) in [5, 5.41) is 2.84. The highest BCUT2D eigenvalue weighted by Crippen LogP contribution is 2.63. The van der Waals surface area contributed by atoms with Crippen LogP contribution >= 0.6 is 11.3 Å².